The number of aliphatic hydroxyl groups excluding tert-OH is 2. The number of amides is 2. The number of rotatable bonds is 34. The van der Waals surface area contributed by atoms with E-state index < -0.39 is 111 Å². The van der Waals surface area contributed by atoms with Crippen LogP contribution in [0.5, 0.6) is 0 Å². The fourth-order valence-corrected chi connectivity index (χ4v) is 11.6. The van der Waals surface area contributed by atoms with Gasteiger partial charge in [0.1, 0.15) is 6.54 Å². The van der Waals surface area contributed by atoms with Gasteiger partial charge < -0.3 is 35.2 Å². The Morgan fingerprint density at radius 1 is 0.570 bits per heavy atom. The number of esters is 2. The number of ether oxygens (including phenoxy) is 2. The van der Waals surface area contributed by atoms with Crippen molar-refractivity contribution in [3.63, 3.8) is 0 Å². The summed E-state index contributed by atoms with van der Waals surface area (Å²) in [5.41, 5.74) is -0.508. The molecule has 2 aromatic rings. The molecule has 0 fully saturated rings. The van der Waals surface area contributed by atoms with E-state index in [9.17, 15) is 71.1 Å². The summed E-state index contributed by atoms with van der Waals surface area (Å²) in [7, 11) is -17.8. The van der Waals surface area contributed by atoms with Crippen molar-refractivity contribution in [2.45, 2.75) is 116 Å². The second-order valence-electron chi connectivity index (χ2n) is 20.3. The van der Waals surface area contributed by atoms with Gasteiger partial charge in [-0.3, -0.25) is 27.8 Å². The number of allylic oxidation sites excluding steroid dienone is 4. The average Bonchev–Trinajstić information content (AvgIpc) is 3.71. The van der Waals surface area contributed by atoms with Crippen molar-refractivity contribution in [3.8, 4) is 0 Å². The van der Waals surface area contributed by atoms with Gasteiger partial charge in [0.05, 0.1) is 58.3 Å². The molecule has 24 nitrogen and oxygen atoms in total. The quantitative estimate of drug-likeness (QED) is 0.0210. The van der Waals surface area contributed by atoms with Gasteiger partial charge in [-0.05, 0) is 83.1 Å². The molecule has 0 radical (unpaired) electrons. The van der Waals surface area contributed by atoms with Crippen molar-refractivity contribution in [1.29, 1.82) is 0 Å². The summed E-state index contributed by atoms with van der Waals surface area (Å²) in [4.78, 5) is 57.5. The molecule has 2 aromatic carbocycles. The highest BCUT2D eigenvalue weighted by molar-refractivity contribution is 7.86. The number of hydrogen-bond donors (Lipinski definition) is 8. The van der Waals surface area contributed by atoms with Gasteiger partial charge in [-0.2, -0.15) is 38.2 Å². The van der Waals surface area contributed by atoms with Crippen LogP contribution < -0.4 is 15.5 Å². The van der Waals surface area contributed by atoms with E-state index in [1.807, 2.05) is 0 Å². The molecule has 8 N–H and O–H groups in total. The summed E-state index contributed by atoms with van der Waals surface area (Å²) >= 11 is 0. The Morgan fingerprint density at radius 3 is 1.49 bits per heavy atom. The van der Waals surface area contributed by atoms with Gasteiger partial charge in [0.25, 0.3) is 52.3 Å². The van der Waals surface area contributed by atoms with Gasteiger partial charge in [-0.1, -0.05) is 45.6 Å². The van der Waals surface area contributed by atoms with Crippen LogP contribution in [0, 0.1) is 0 Å². The summed E-state index contributed by atoms with van der Waals surface area (Å²) in [5, 5.41) is 24.0. The molecule has 2 aliphatic heterocycles. The number of benzene rings is 2. The maximum Gasteiger partial charge on any atom is 0.338 e. The molecule has 0 spiro atoms. The number of aliphatic hydroxyl groups is 2. The minimum atomic E-state index is -4.49. The van der Waals surface area contributed by atoms with E-state index in [1.165, 1.54) is 24.3 Å². The van der Waals surface area contributed by atoms with Crippen LogP contribution in [0.2, 0.25) is 0 Å². The van der Waals surface area contributed by atoms with E-state index in [-0.39, 0.29) is 98.7 Å². The third-order valence-corrected chi connectivity index (χ3v) is 16.5. The maximum atomic E-state index is 14.1. The SMILES string of the molecule is CC1(C)C(/C=C/C=C2/N(CCCS(=O)(=O)O)c3cc(C(=O)NCCCCCCO)cc(C(=O)OCCCS(=O)(=O)O)c3C2(C)C)=[N+](CCCS(=O)(=O)O)c2cc(C(=O)NCCCCCCO)cc(C(=O)OCCCS(=O)(=O)O)c21. The Kier molecular flexibility index (Phi) is 24.4. The number of fused-ring (bicyclic) bond motifs is 2. The zero-order valence-corrected chi connectivity index (χ0v) is 48.2. The van der Waals surface area contributed by atoms with Gasteiger partial charge in [0.15, 0.2) is 5.71 Å². The summed E-state index contributed by atoms with van der Waals surface area (Å²) < 4.78 is 145. The number of nitrogens with one attached hydrogen (secondary N) is 2. The molecule has 0 atom stereocenters. The van der Waals surface area contributed by atoms with Crippen molar-refractivity contribution in [2.75, 3.05) is 80.5 Å². The lowest BCUT2D eigenvalue weighted by molar-refractivity contribution is -0.437. The van der Waals surface area contributed by atoms with Gasteiger partial charge in [-0.15, -0.1) is 0 Å². The van der Waals surface area contributed by atoms with Gasteiger partial charge >= 0.3 is 11.9 Å². The molecule has 0 saturated carbocycles. The Bertz CT molecular complexity index is 3100. The molecular weight excluding hydrogens is 1120 g/mol. The van der Waals surface area contributed by atoms with Crippen LogP contribution in [0.1, 0.15) is 157 Å². The van der Waals surface area contributed by atoms with Crippen LogP contribution in [0.15, 0.2) is 48.2 Å². The molecule has 0 aromatic heterocycles. The normalized spacial score (nSPS) is 15.6. The summed E-state index contributed by atoms with van der Waals surface area (Å²) in [6, 6.07) is 5.68. The van der Waals surface area contributed by atoms with E-state index in [0.29, 0.717) is 61.1 Å². The second-order valence-corrected chi connectivity index (χ2v) is 26.6. The Balaban J connectivity index is 1.94. The fraction of sp³-hybridized carbons (Fsp3) is 0.588. The molecule has 0 bridgehead atoms. The molecule has 2 aliphatic rings. The first-order valence-corrected chi connectivity index (χ1v) is 32.4. The van der Waals surface area contributed by atoms with E-state index >= 15 is 0 Å². The summed E-state index contributed by atoms with van der Waals surface area (Å²) in [6.45, 7) is 6.41. The molecule has 0 aliphatic carbocycles. The first-order chi connectivity index (χ1) is 36.8. The van der Waals surface area contributed by atoms with Crippen molar-refractivity contribution in [3.05, 3.63) is 81.6 Å². The highest BCUT2D eigenvalue weighted by atomic mass is 32.2. The van der Waals surface area contributed by atoms with Crippen LogP contribution in [0.25, 0.3) is 0 Å². The molecule has 79 heavy (non-hydrogen) atoms. The number of anilines is 1. The smallest absolute Gasteiger partial charge is 0.338 e. The van der Waals surface area contributed by atoms with Crippen LogP contribution in [0.4, 0.5) is 11.4 Å². The fourth-order valence-electron chi connectivity index (χ4n) is 9.64. The van der Waals surface area contributed by atoms with Crippen LogP contribution in [-0.4, -0.2) is 172 Å². The zero-order chi connectivity index (χ0) is 59.0. The highest BCUT2D eigenvalue weighted by Crippen LogP contribution is 2.50. The number of hydrogen-bond acceptors (Lipinski definition) is 17. The highest BCUT2D eigenvalue weighted by Gasteiger charge is 2.49. The first kappa shape index (κ1) is 66.3. The lowest BCUT2D eigenvalue weighted by atomic mass is 9.78. The van der Waals surface area contributed by atoms with Crippen LogP contribution in [-0.2, 0) is 60.8 Å². The monoisotopic (exact) mass is 1190 g/mol. The summed E-state index contributed by atoms with van der Waals surface area (Å²) in [6.07, 6.45) is 9.20. The lowest BCUT2D eigenvalue weighted by Gasteiger charge is -2.27. The molecular formula is C51H75N4O20S4+. The molecule has 2 heterocycles. The maximum absolute atomic E-state index is 14.1. The molecule has 0 saturated heterocycles. The minimum Gasteiger partial charge on any atom is -0.462 e. The molecule has 28 heteroatoms. The van der Waals surface area contributed by atoms with Gasteiger partial charge in [0, 0.05) is 84.9 Å². The predicted molar refractivity (Wildman–Crippen MR) is 294 cm³/mol. The Morgan fingerprint density at radius 2 is 1.01 bits per heavy atom. The van der Waals surface area contributed by atoms with E-state index in [1.54, 1.807) is 55.4 Å². The topological polar surface area (TPSA) is 375 Å². The number of carbonyl (C=O) groups excluding carboxylic acids is 4. The minimum absolute atomic E-state index is 0.00628. The number of carbonyl (C=O) groups is 4. The van der Waals surface area contributed by atoms with Crippen LogP contribution in [0.3, 0.4) is 0 Å². The predicted octanol–water partition coefficient (Wildman–Crippen LogP) is 4.29. The van der Waals surface area contributed by atoms with Crippen LogP contribution >= 0.6 is 0 Å². The third kappa shape index (κ3) is 20.1. The van der Waals surface area contributed by atoms with Crippen molar-refractivity contribution < 1.29 is 95.3 Å². The van der Waals surface area contributed by atoms with Gasteiger partial charge in [-0.25, -0.2) is 9.59 Å². The van der Waals surface area contributed by atoms with Crippen molar-refractivity contribution in [2.24, 2.45) is 0 Å². The number of unbranched alkanes of at least 4 members (excludes halogenated alkanes) is 6. The Labute approximate surface area is 462 Å². The van der Waals surface area contributed by atoms with Crippen molar-refractivity contribution >= 4 is 81.3 Å². The molecule has 442 valence electrons. The van der Waals surface area contributed by atoms with Crippen molar-refractivity contribution in [1.82, 2.24) is 10.6 Å². The third-order valence-electron chi connectivity index (χ3n) is 13.3. The lowest BCUT2D eigenvalue weighted by Crippen LogP contribution is -2.30. The van der Waals surface area contributed by atoms with Gasteiger partial charge in [0.2, 0.25) is 5.69 Å². The average molecular weight is 1190 g/mol. The molecule has 2 amide bonds. The number of nitrogens with zero attached hydrogens (tertiary/aromatic N) is 2. The van der Waals surface area contributed by atoms with E-state index in [2.05, 4.69) is 10.6 Å². The largest absolute Gasteiger partial charge is 0.462 e. The van der Waals surface area contributed by atoms with E-state index in [4.69, 9.17) is 19.7 Å². The molecule has 0 unspecified atom stereocenters. The second kappa shape index (κ2) is 29.0. The van der Waals surface area contributed by atoms with E-state index in [0.717, 1.165) is 12.8 Å². The standard InChI is InChI=1S/C51H74N4O20S4/c1-50(2)42(54(22-14-28-76(62,63)64)40-34-36(46(58)52-20-9-5-7-11-24-56)32-38(44(40)50)48(60)74-26-16-30-78(68,69)70)18-13-19-43-51(3,4)45-39(49(61)75-27-17-31-79(71,72)73)33-37(47(59)53-21-10-6-8-12-25-57)35-41(45)55(43)23-15-29-77(65,66)67/h13,18-19,32-35,56-57H,5-12,14-17,20-31H2,1-4H3,(H5-,52,53,58,59,62,63,64,65,66,67,68,69,70,71,72,73)/p+1. The Hall–Kier alpha value is -5.17. The first-order valence-electron chi connectivity index (χ1n) is 25.9. The zero-order valence-electron chi connectivity index (χ0n) is 44.9. The summed E-state index contributed by atoms with van der Waals surface area (Å²) in [5.74, 6) is -5.84. The molecule has 4 rings (SSSR count).